The van der Waals surface area contributed by atoms with Crippen molar-refractivity contribution in [1.29, 1.82) is 0 Å². The molecule has 0 aromatic heterocycles. The van der Waals surface area contributed by atoms with Crippen LogP contribution < -0.4 is 11.3 Å². The average Bonchev–Trinajstić information content (AvgIpc) is 2.37. The highest BCUT2D eigenvalue weighted by atomic mass is 79.9. The molecule has 0 amide bonds. The average molecular weight is 331 g/mol. The van der Waals surface area contributed by atoms with Gasteiger partial charge in [-0.3, -0.25) is 5.84 Å². The zero-order valence-electron chi connectivity index (χ0n) is 9.63. The molecule has 0 spiro atoms. The summed E-state index contributed by atoms with van der Waals surface area (Å²) in [6.07, 6.45) is 0. The van der Waals surface area contributed by atoms with Crippen LogP contribution in [0.4, 0.5) is 13.2 Å². The maximum atomic E-state index is 13.9. The van der Waals surface area contributed by atoms with Crippen molar-refractivity contribution in [3.8, 4) is 0 Å². The van der Waals surface area contributed by atoms with Gasteiger partial charge in [-0.2, -0.15) is 0 Å². The molecule has 6 heteroatoms. The largest absolute Gasteiger partial charge is 0.271 e. The van der Waals surface area contributed by atoms with Crippen LogP contribution in [0.1, 0.15) is 17.2 Å². The maximum absolute atomic E-state index is 13.9. The third-order valence-electron chi connectivity index (χ3n) is 2.72. The van der Waals surface area contributed by atoms with Crippen molar-refractivity contribution >= 4 is 15.9 Å². The summed E-state index contributed by atoms with van der Waals surface area (Å²) in [5.74, 6) is 2.92. The fourth-order valence-corrected chi connectivity index (χ4v) is 2.13. The Morgan fingerprint density at radius 2 is 1.68 bits per heavy atom. The Hall–Kier alpha value is -1.37. The van der Waals surface area contributed by atoms with E-state index in [-0.39, 0.29) is 5.56 Å². The maximum Gasteiger partial charge on any atom is 0.159 e. The zero-order chi connectivity index (χ0) is 14.0. The number of rotatable bonds is 3. The van der Waals surface area contributed by atoms with Gasteiger partial charge in [0.15, 0.2) is 11.6 Å². The van der Waals surface area contributed by atoms with E-state index in [9.17, 15) is 13.2 Å². The summed E-state index contributed by atoms with van der Waals surface area (Å²) in [6.45, 7) is 0. The quantitative estimate of drug-likeness (QED) is 0.668. The van der Waals surface area contributed by atoms with Crippen LogP contribution in [0.3, 0.4) is 0 Å². The fourth-order valence-electron chi connectivity index (χ4n) is 1.79. The van der Waals surface area contributed by atoms with Crippen molar-refractivity contribution < 1.29 is 13.2 Å². The van der Waals surface area contributed by atoms with E-state index in [0.29, 0.717) is 10.0 Å². The topological polar surface area (TPSA) is 38.0 Å². The Labute approximate surface area is 116 Å². The fraction of sp³-hybridized carbons (Fsp3) is 0.0769. The molecule has 1 atom stereocenters. The molecule has 0 aliphatic carbocycles. The Morgan fingerprint density at radius 3 is 2.26 bits per heavy atom. The normalized spacial score (nSPS) is 12.5. The van der Waals surface area contributed by atoms with Crippen LogP contribution in [0.15, 0.2) is 40.9 Å². The van der Waals surface area contributed by atoms with E-state index < -0.39 is 23.5 Å². The van der Waals surface area contributed by atoms with Crippen molar-refractivity contribution in [3.05, 3.63) is 69.4 Å². The Kier molecular flexibility index (Phi) is 4.24. The highest BCUT2D eigenvalue weighted by Gasteiger charge is 2.18. The van der Waals surface area contributed by atoms with Gasteiger partial charge in [-0.1, -0.05) is 28.1 Å². The van der Waals surface area contributed by atoms with Crippen molar-refractivity contribution in [2.75, 3.05) is 0 Å². The zero-order valence-corrected chi connectivity index (χ0v) is 11.2. The lowest BCUT2D eigenvalue weighted by Crippen LogP contribution is -2.29. The molecule has 2 aromatic carbocycles. The molecule has 0 aliphatic heterocycles. The molecule has 0 aliphatic rings. The summed E-state index contributed by atoms with van der Waals surface area (Å²) in [7, 11) is 0. The molecule has 2 nitrogen and oxygen atoms in total. The van der Waals surface area contributed by atoms with E-state index in [1.54, 1.807) is 6.07 Å². The first kappa shape index (κ1) is 14.0. The van der Waals surface area contributed by atoms with Crippen LogP contribution in [0, 0.1) is 17.5 Å². The molecule has 0 heterocycles. The van der Waals surface area contributed by atoms with Crippen LogP contribution in [-0.4, -0.2) is 0 Å². The van der Waals surface area contributed by atoms with Gasteiger partial charge in [-0.25, -0.2) is 18.6 Å². The third kappa shape index (κ3) is 2.97. The highest BCUT2D eigenvalue weighted by molar-refractivity contribution is 9.10. The van der Waals surface area contributed by atoms with Gasteiger partial charge in [0.05, 0.1) is 6.04 Å². The van der Waals surface area contributed by atoms with Gasteiger partial charge in [-0.05, 0) is 29.8 Å². The number of nitrogens with one attached hydrogen (secondary N) is 1. The molecule has 0 saturated carbocycles. The number of benzene rings is 2. The molecule has 2 aromatic rings. The SMILES string of the molecule is NNC(c1ccc(F)c(F)c1)c1ccc(Br)cc1F. The van der Waals surface area contributed by atoms with Crippen LogP contribution in [0.2, 0.25) is 0 Å². The lowest BCUT2D eigenvalue weighted by atomic mass is 9.98. The third-order valence-corrected chi connectivity index (χ3v) is 3.21. The second kappa shape index (κ2) is 5.73. The molecule has 100 valence electrons. The van der Waals surface area contributed by atoms with E-state index in [0.717, 1.165) is 12.1 Å². The van der Waals surface area contributed by atoms with Crippen molar-refractivity contribution in [2.45, 2.75) is 6.04 Å². The summed E-state index contributed by atoms with van der Waals surface area (Å²) in [6, 6.07) is 6.99. The van der Waals surface area contributed by atoms with E-state index in [1.165, 1.54) is 18.2 Å². The first-order valence-corrected chi connectivity index (χ1v) is 6.18. The van der Waals surface area contributed by atoms with Gasteiger partial charge in [-0.15, -0.1) is 0 Å². The van der Waals surface area contributed by atoms with Crippen LogP contribution in [-0.2, 0) is 0 Å². The summed E-state index contributed by atoms with van der Waals surface area (Å²) in [4.78, 5) is 0. The smallest absolute Gasteiger partial charge is 0.159 e. The summed E-state index contributed by atoms with van der Waals surface area (Å²) in [5, 5.41) is 0. The van der Waals surface area contributed by atoms with Crippen molar-refractivity contribution in [1.82, 2.24) is 5.43 Å². The molecule has 3 N–H and O–H groups in total. The molecule has 0 saturated heterocycles. The Balaban J connectivity index is 2.46. The van der Waals surface area contributed by atoms with E-state index >= 15 is 0 Å². The van der Waals surface area contributed by atoms with E-state index in [1.807, 2.05) is 0 Å². The molecule has 0 bridgehead atoms. The number of hydrogen-bond acceptors (Lipinski definition) is 2. The molecular formula is C13H10BrF3N2. The molecule has 0 radical (unpaired) electrons. The van der Waals surface area contributed by atoms with Gasteiger partial charge in [0.25, 0.3) is 0 Å². The predicted octanol–water partition coefficient (Wildman–Crippen LogP) is 3.42. The Bertz CT molecular complexity index is 604. The first-order chi connectivity index (χ1) is 9.02. The predicted molar refractivity (Wildman–Crippen MR) is 69.6 cm³/mol. The molecule has 1 unspecified atom stereocenters. The standard InChI is InChI=1S/C13H10BrF3N2/c14-8-2-3-9(11(16)6-8)13(19-18)7-1-4-10(15)12(17)5-7/h1-6,13,19H,18H2. The van der Waals surface area contributed by atoms with E-state index in [4.69, 9.17) is 5.84 Å². The summed E-state index contributed by atoms with van der Waals surface area (Å²) < 4.78 is 40.5. The van der Waals surface area contributed by atoms with Gasteiger partial charge in [0, 0.05) is 10.0 Å². The second-order valence-electron chi connectivity index (χ2n) is 3.94. The van der Waals surface area contributed by atoms with E-state index in [2.05, 4.69) is 21.4 Å². The minimum atomic E-state index is -1.00. The van der Waals surface area contributed by atoms with Gasteiger partial charge >= 0.3 is 0 Å². The highest BCUT2D eigenvalue weighted by Crippen LogP contribution is 2.26. The van der Waals surface area contributed by atoms with Crippen molar-refractivity contribution in [3.63, 3.8) is 0 Å². The van der Waals surface area contributed by atoms with Crippen LogP contribution >= 0.6 is 15.9 Å². The van der Waals surface area contributed by atoms with Gasteiger partial charge in [0.1, 0.15) is 5.82 Å². The minimum Gasteiger partial charge on any atom is -0.271 e. The molecular weight excluding hydrogens is 321 g/mol. The summed E-state index contributed by atoms with van der Waals surface area (Å²) >= 11 is 3.14. The van der Waals surface area contributed by atoms with Crippen molar-refractivity contribution in [2.24, 2.45) is 5.84 Å². The molecule has 19 heavy (non-hydrogen) atoms. The molecule has 0 fully saturated rings. The van der Waals surface area contributed by atoms with Crippen LogP contribution in [0.5, 0.6) is 0 Å². The second-order valence-corrected chi connectivity index (χ2v) is 4.85. The number of hydrazine groups is 1. The summed E-state index contributed by atoms with van der Waals surface area (Å²) in [5.41, 5.74) is 2.98. The molecule has 2 rings (SSSR count). The number of nitrogens with two attached hydrogens (primary N) is 1. The number of hydrogen-bond donors (Lipinski definition) is 2. The van der Waals surface area contributed by atoms with Gasteiger partial charge < -0.3 is 0 Å². The lowest BCUT2D eigenvalue weighted by Gasteiger charge is -2.18. The lowest BCUT2D eigenvalue weighted by molar-refractivity contribution is 0.502. The van der Waals surface area contributed by atoms with Crippen LogP contribution in [0.25, 0.3) is 0 Å². The monoisotopic (exact) mass is 330 g/mol. The van der Waals surface area contributed by atoms with Gasteiger partial charge in [0.2, 0.25) is 0 Å². The minimum absolute atomic E-state index is 0.247. The number of halogens is 4. The Morgan fingerprint density at radius 1 is 0.947 bits per heavy atom. The first-order valence-electron chi connectivity index (χ1n) is 5.39.